The van der Waals surface area contributed by atoms with E-state index in [2.05, 4.69) is 62.8 Å². The minimum atomic E-state index is -1.33. The molecule has 0 fully saturated rings. The SMILES string of the molecule is CC(C)C[C@H](NC(=O)CNC(=O)[C@H](CC(C)C)NC(=O)[C@H](CCCN=C(N)N)NC(=O)[C@H](C)NC(=O)[C@H](C)NC(=O)[C@H](CCCN=C(N)N)NC(=O)OCC1c2ccccc2-c2ccccc21)C(=O)N[C@@H](C)C(=O)N[C@@H](CCCN=C(N)N)C(=O)O. The maximum absolute atomic E-state index is 14.0. The number of ether oxygens (including phenoxy) is 1. The minimum Gasteiger partial charge on any atom is -0.480 e. The second-order valence-electron chi connectivity index (χ2n) is 21.7. The smallest absolute Gasteiger partial charge is 0.407 e. The number of hydrogen-bond acceptors (Lipinski definition) is 14. The number of carbonyl (C=O) groups is 10. The lowest BCUT2D eigenvalue weighted by Crippen LogP contribution is -2.58. The second-order valence-corrected chi connectivity index (χ2v) is 21.7. The number of carbonyl (C=O) groups excluding carboxylic acids is 9. The first kappa shape index (κ1) is 71.0. The van der Waals surface area contributed by atoms with Gasteiger partial charge in [-0.1, -0.05) is 76.2 Å². The monoisotopic (exact) mass is 1200 g/mol. The van der Waals surface area contributed by atoms with Gasteiger partial charge in [0.05, 0.1) is 6.54 Å². The van der Waals surface area contributed by atoms with Crippen molar-refractivity contribution in [3.05, 3.63) is 59.7 Å². The van der Waals surface area contributed by atoms with Crippen LogP contribution in [0.3, 0.4) is 0 Å². The number of hydrogen-bond donors (Lipinski definition) is 16. The first-order chi connectivity index (χ1) is 40.6. The largest absolute Gasteiger partial charge is 0.480 e. The highest BCUT2D eigenvalue weighted by Crippen LogP contribution is 2.44. The predicted molar refractivity (Wildman–Crippen MR) is 322 cm³/mol. The summed E-state index contributed by atoms with van der Waals surface area (Å²) in [6, 6.07) is 5.50. The van der Waals surface area contributed by atoms with Gasteiger partial charge in [0.2, 0.25) is 47.3 Å². The molecule has 86 heavy (non-hydrogen) atoms. The summed E-state index contributed by atoms with van der Waals surface area (Å²) in [4.78, 5) is 145. The topological polar surface area (TPSA) is 502 Å². The Hall–Kier alpha value is -9.25. The molecule has 0 unspecified atom stereocenters. The van der Waals surface area contributed by atoms with Gasteiger partial charge in [0, 0.05) is 25.6 Å². The van der Waals surface area contributed by atoms with Gasteiger partial charge in [-0.05, 0) is 106 Å². The number of nitrogens with zero attached hydrogens (tertiary/aromatic N) is 3. The molecule has 2 aromatic rings. The van der Waals surface area contributed by atoms with Crippen LogP contribution in [0.4, 0.5) is 4.79 Å². The number of amides is 9. The summed E-state index contributed by atoms with van der Waals surface area (Å²) in [6.45, 7) is 10.8. The van der Waals surface area contributed by atoms with Crippen LogP contribution < -0.4 is 82.3 Å². The van der Waals surface area contributed by atoms with Crippen LogP contribution in [0.15, 0.2) is 63.5 Å². The maximum Gasteiger partial charge on any atom is 0.407 e. The van der Waals surface area contributed by atoms with E-state index in [4.69, 9.17) is 39.1 Å². The van der Waals surface area contributed by atoms with Crippen LogP contribution in [-0.2, 0) is 47.9 Å². The van der Waals surface area contributed by atoms with Gasteiger partial charge in [-0.3, -0.25) is 53.3 Å². The molecule has 0 saturated heterocycles. The number of nitrogens with two attached hydrogens (primary N) is 6. The fourth-order valence-electron chi connectivity index (χ4n) is 9.06. The molecule has 2 aromatic carbocycles. The Morgan fingerprint density at radius 1 is 0.465 bits per heavy atom. The van der Waals surface area contributed by atoms with Crippen molar-refractivity contribution in [1.29, 1.82) is 0 Å². The number of benzene rings is 2. The summed E-state index contributed by atoms with van der Waals surface area (Å²) in [5, 5.41) is 32.5. The zero-order valence-corrected chi connectivity index (χ0v) is 49.9. The summed E-state index contributed by atoms with van der Waals surface area (Å²) < 4.78 is 5.68. The molecular formula is C56H88N18O12. The van der Waals surface area contributed by atoms with E-state index in [9.17, 15) is 53.1 Å². The zero-order chi connectivity index (χ0) is 64.2. The van der Waals surface area contributed by atoms with Crippen molar-refractivity contribution in [2.45, 2.75) is 154 Å². The predicted octanol–water partition coefficient (Wildman–Crippen LogP) is -2.20. The molecular weight excluding hydrogens is 1120 g/mol. The number of rotatable bonds is 36. The number of fused-ring (bicyclic) bond motifs is 3. The maximum atomic E-state index is 14.0. The Morgan fingerprint density at radius 2 is 0.826 bits per heavy atom. The van der Waals surface area contributed by atoms with E-state index >= 15 is 0 Å². The van der Waals surface area contributed by atoms with E-state index in [1.807, 2.05) is 48.5 Å². The highest BCUT2D eigenvalue weighted by atomic mass is 16.5. The van der Waals surface area contributed by atoms with Gasteiger partial charge >= 0.3 is 12.1 Å². The fourth-order valence-corrected chi connectivity index (χ4v) is 9.06. The molecule has 8 atom stereocenters. The van der Waals surface area contributed by atoms with Gasteiger partial charge in [0.15, 0.2) is 17.9 Å². The fraction of sp³-hybridized carbons (Fsp3) is 0.554. The lowest BCUT2D eigenvalue weighted by molar-refractivity contribution is -0.142. The zero-order valence-electron chi connectivity index (χ0n) is 49.9. The molecule has 0 saturated carbocycles. The third kappa shape index (κ3) is 24.9. The van der Waals surface area contributed by atoms with Gasteiger partial charge in [-0.15, -0.1) is 0 Å². The molecule has 22 N–H and O–H groups in total. The van der Waals surface area contributed by atoms with E-state index < -0.39 is 114 Å². The Balaban J connectivity index is 1.66. The normalized spacial score (nSPS) is 14.2. The highest BCUT2D eigenvalue weighted by molar-refractivity contribution is 5.97. The van der Waals surface area contributed by atoms with E-state index in [1.165, 1.54) is 20.8 Å². The first-order valence-electron chi connectivity index (χ1n) is 28.5. The molecule has 474 valence electrons. The highest BCUT2D eigenvalue weighted by Gasteiger charge is 2.34. The standard InChI is InChI=1S/C56H88N18O12/c1-29(2)25-42(48(79)66-27-44(75)70-43(26-30(3)4)51(82)69-33(7)47(78)72-41(52(83)84)21-14-24-65-55(61)62)73-50(81)39(19-12-22-63-53(57)58)71-46(77)32(6)67-45(76)31(5)68-49(80)40(20-13-23-64-54(59)60)74-56(85)86-28-38-36-17-10-8-15-34(36)35-16-9-11-18-37(35)38/h8-11,15-18,29-33,38-43H,12-14,19-28H2,1-7H3,(H,66,79)(H,67,76)(H,68,80)(H,69,82)(H,70,75)(H,71,77)(H,72,78)(H,73,81)(H,74,85)(H,83,84)(H4,57,58,63)(H4,59,60,64)(H4,61,62,65)/t31-,32-,33-,39-,40-,41-,42-,43-/m0/s1. The number of aliphatic imine (C=N–C) groups is 3. The van der Waals surface area contributed by atoms with Crippen LogP contribution in [0.5, 0.6) is 0 Å². The average molecular weight is 1210 g/mol. The molecule has 30 heteroatoms. The van der Waals surface area contributed by atoms with E-state index in [0.29, 0.717) is 0 Å². The van der Waals surface area contributed by atoms with Gasteiger partial charge < -0.3 is 92.1 Å². The molecule has 9 amide bonds. The van der Waals surface area contributed by atoms with E-state index in [0.717, 1.165) is 22.3 Å². The van der Waals surface area contributed by atoms with Gasteiger partial charge in [-0.2, -0.15) is 0 Å². The lowest BCUT2D eigenvalue weighted by Gasteiger charge is -2.26. The van der Waals surface area contributed by atoms with E-state index in [1.54, 1.807) is 27.7 Å². The number of nitrogens with one attached hydrogen (secondary N) is 9. The van der Waals surface area contributed by atoms with Crippen molar-refractivity contribution >= 4 is 77.2 Å². The van der Waals surface area contributed by atoms with E-state index in [-0.39, 0.29) is 113 Å². The third-order valence-corrected chi connectivity index (χ3v) is 13.4. The minimum absolute atomic E-state index is 0.00780. The molecule has 0 heterocycles. The quantitative estimate of drug-likeness (QED) is 0.0196. The number of alkyl carbamates (subject to hydrolysis) is 1. The van der Waals surface area contributed by atoms with Crippen molar-refractivity contribution in [2.75, 3.05) is 32.8 Å². The summed E-state index contributed by atoms with van der Waals surface area (Å²) in [5.41, 5.74) is 36.6. The van der Waals surface area contributed by atoms with Crippen molar-refractivity contribution in [2.24, 2.45) is 61.2 Å². The number of carboxylic acid groups (broad SMARTS) is 1. The molecule has 3 rings (SSSR count). The summed E-state index contributed by atoms with van der Waals surface area (Å²) in [5.74, 6) is -8.80. The molecule has 0 radical (unpaired) electrons. The Morgan fingerprint density at radius 3 is 1.27 bits per heavy atom. The van der Waals surface area contributed by atoms with Crippen molar-refractivity contribution in [3.8, 4) is 11.1 Å². The van der Waals surface area contributed by atoms with Crippen LogP contribution in [0.2, 0.25) is 0 Å². The van der Waals surface area contributed by atoms with Crippen molar-refractivity contribution in [3.63, 3.8) is 0 Å². The Kier molecular flexibility index (Phi) is 29.6. The van der Waals surface area contributed by atoms with Gasteiger partial charge in [0.25, 0.3) is 0 Å². The number of carboxylic acids is 1. The molecule has 1 aliphatic carbocycles. The third-order valence-electron chi connectivity index (χ3n) is 13.4. The summed E-state index contributed by atoms with van der Waals surface area (Å²) in [7, 11) is 0. The van der Waals surface area contributed by atoms with Crippen LogP contribution >= 0.6 is 0 Å². The van der Waals surface area contributed by atoms with Crippen molar-refractivity contribution < 1.29 is 57.8 Å². The van der Waals surface area contributed by atoms with Crippen LogP contribution in [0.25, 0.3) is 11.1 Å². The molecule has 30 nitrogen and oxygen atoms in total. The van der Waals surface area contributed by atoms with Crippen LogP contribution in [0, 0.1) is 11.8 Å². The number of aliphatic carboxylic acids is 1. The molecule has 0 spiro atoms. The van der Waals surface area contributed by atoms with Crippen LogP contribution in [0.1, 0.15) is 117 Å². The van der Waals surface area contributed by atoms with Gasteiger partial charge in [0.1, 0.15) is 54.9 Å². The molecule has 1 aliphatic rings. The van der Waals surface area contributed by atoms with Gasteiger partial charge in [-0.25, -0.2) is 9.59 Å². The second kappa shape index (κ2) is 35.8. The number of guanidine groups is 3. The molecule has 0 aromatic heterocycles. The van der Waals surface area contributed by atoms with Crippen LogP contribution in [-0.4, -0.2) is 163 Å². The lowest BCUT2D eigenvalue weighted by atomic mass is 9.98. The summed E-state index contributed by atoms with van der Waals surface area (Å²) in [6.07, 6.45) is -0.0811. The molecule has 0 aliphatic heterocycles. The Labute approximate surface area is 500 Å². The Bertz CT molecular complexity index is 2720. The molecule has 0 bridgehead atoms. The average Bonchev–Trinajstić information content (AvgIpc) is 1.75. The first-order valence-corrected chi connectivity index (χ1v) is 28.5. The summed E-state index contributed by atoms with van der Waals surface area (Å²) >= 11 is 0. The van der Waals surface area contributed by atoms with Crippen molar-refractivity contribution in [1.82, 2.24) is 47.9 Å².